The summed E-state index contributed by atoms with van der Waals surface area (Å²) >= 11 is 9.56. The zero-order chi connectivity index (χ0) is 22.4. The molecule has 162 valence electrons. The fourth-order valence-corrected chi connectivity index (χ4v) is 6.32. The lowest BCUT2D eigenvalue weighted by atomic mass is 10.1. The van der Waals surface area contributed by atoms with Crippen LogP contribution in [0.1, 0.15) is 38.1 Å². The summed E-state index contributed by atoms with van der Waals surface area (Å²) in [6.45, 7) is 6.36. The third-order valence-electron chi connectivity index (χ3n) is 2.97. The summed E-state index contributed by atoms with van der Waals surface area (Å²) in [6.07, 6.45) is -0.953. The van der Waals surface area contributed by atoms with E-state index in [0.29, 0.717) is 0 Å². The van der Waals surface area contributed by atoms with E-state index in [9.17, 15) is 21.6 Å². The molecule has 0 fully saturated rings. The number of Topliss-reactive ketones (excluding diaryl/α,β-unsaturated/α-hetero) is 1. The molecule has 0 aromatic heterocycles. The number of carbonyl (C=O) groups excluding carboxylic acids is 1. The zero-order valence-electron chi connectivity index (χ0n) is 16.1. The lowest BCUT2D eigenvalue weighted by Gasteiger charge is -2.21. The second kappa shape index (κ2) is 10.3. The van der Waals surface area contributed by atoms with Gasteiger partial charge in [-0.1, -0.05) is 30.3 Å². The molecule has 1 aromatic carbocycles. The van der Waals surface area contributed by atoms with Crippen molar-refractivity contribution in [2.24, 2.45) is 0 Å². The van der Waals surface area contributed by atoms with E-state index in [1.165, 1.54) is 24.3 Å². The van der Waals surface area contributed by atoms with Gasteiger partial charge in [0.25, 0.3) is 35.0 Å². The largest absolute Gasteiger partial charge is 0.468 e. The van der Waals surface area contributed by atoms with Crippen molar-refractivity contribution in [2.45, 2.75) is 44.5 Å². The van der Waals surface area contributed by atoms with Gasteiger partial charge >= 0.3 is 0 Å². The average Bonchev–Trinajstić information content (AvgIpc) is 2.51. The summed E-state index contributed by atoms with van der Waals surface area (Å²) in [5.74, 6) is -1.20. The first-order valence-corrected chi connectivity index (χ1v) is 12.2. The van der Waals surface area contributed by atoms with Crippen LogP contribution in [0.2, 0.25) is 0 Å². The van der Waals surface area contributed by atoms with E-state index in [0.717, 1.165) is 0 Å². The molecule has 13 heteroatoms. The Labute approximate surface area is 181 Å². The average molecular weight is 483 g/mol. The molecule has 0 aliphatic rings. The van der Waals surface area contributed by atoms with Crippen molar-refractivity contribution < 1.29 is 31.1 Å². The van der Waals surface area contributed by atoms with E-state index in [4.69, 9.17) is 33.9 Å². The molecule has 1 rings (SSSR count). The standard InChI is InChI=1S/C16H22N2O7S4/c1-10(2)24-15(26)17-28(20,21)14(13(19)12-8-6-5-7-9-12)29(22,23)18-16(27)25-11(3)4/h5-11,14H,1-4H3,(H,17,26)(H,18,27). The quantitative estimate of drug-likeness (QED) is 0.418. The maximum atomic E-state index is 12.8. The predicted octanol–water partition coefficient (Wildman–Crippen LogP) is 1.45. The molecule has 2 N–H and O–H groups in total. The number of ether oxygens (including phenoxy) is 2. The Morgan fingerprint density at radius 1 is 0.828 bits per heavy atom. The van der Waals surface area contributed by atoms with Crippen LogP contribution in [0.15, 0.2) is 30.3 Å². The van der Waals surface area contributed by atoms with Crippen molar-refractivity contribution in [1.82, 2.24) is 9.44 Å². The summed E-state index contributed by atoms with van der Waals surface area (Å²) in [5.41, 5.74) is -0.139. The Bertz CT molecular complexity index is 904. The van der Waals surface area contributed by atoms with Crippen LogP contribution in [0.4, 0.5) is 0 Å². The van der Waals surface area contributed by atoms with Crippen LogP contribution in [0.3, 0.4) is 0 Å². The molecule has 29 heavy (non-hydrogen) atoms. The van der Waals surface area contributed by atoms with Crippen molar-refractivity contribution in [3.63, 3.8) is 0 Å². The first-order valence-electron chi connectivity index (χ1n) is 8.30. The highest BCUT2D eigenvalue weighted by Crippen LogP contribution is 2.16. The second-order valence-electron chi connectivity index (χ2n) is 6.26. The molecule has 0 unspecified atom stereocenters. The lowest BCUT2D eigenvalue weighted by Crippen LogP contribution is -2.52. The minimum absolute atomic E-state index is 0.139. The smallest absolute Gasteiger partial charge is 0.270 e. The molecule has 0 bridgehead atoms. The molecule has 0 saturated carbocycles. The predicted molar refractivity (Wildman–Crippen MR) is 116 cm³/mol. The second-order valence-corrected chi connectivity index (χ2v) is 10.8. The van der Waals surface area contributed by atoms with Gasteiger partial charge in [-0.05, 0) is 52.1 Å². The molecule has 1 aromatic rings. The Balaban J connectivity index is 3.37. The highest BCUT2D eigenvalue weighted by molar-refractivity contribution is 8.09. The monoisotopic (exact) mass is 482 g/mol. The molecule has 0 atom stereocenters. The van der Waals surface area contributed by atoms with Gasteiger partial charge in [0.05, 0.1) is 12.2 Å². The summed E-state index contributed by atoms with van der Waals surface area (Å²) in [7, 11) is -9.76. The van der Waals surface area contributed by atoms with Crippen molar-refractivity contribution in [3.05, 3.63) is 35.9 Å². The number of nitrogens with one attached hydrogen (secondary N) is 2. The number of carbonyl (C=O) groups is 1. The van der Waals surface area contributed by atoms with Gasteiger partial charge in [-0.2, -0.15) is 0 Å². The number of rotatable bonds is 8. The van der Waals surface area contributed by atoms with Gasteiger partial charge in [-0.15, -0.1) is 0 Å². The molecule has 0 saturated heterocycles. The van der Waals surface area contributed by atoms with E-state index in [1.54, 1.807) is 33.8 Å². The van der Waals surface area contributed by atoms with Gasteiger partial charge in [0, 0.05) is 5.56 Å². The Kier molecular flexibility index (Phi) is 8.93. The van der Waals surface area contributed by atoms with Crippen LogP contribution in [0, 0.1) is 0 Å². The minimum Gasteiger partial charge on any atom is -0.468 e. The number of hydrogen-bond acceptors (Lipinski definition) is 9. The van der Waals surface area contributed by atoms with Crippen LogP contribution >= 0.6 is 24.4 Å². The molecule has 0 amide bonds. The van der Waals surface area contributed by atoms with Gasteiger partial charge < -0.3 is 9.47 Å². The topological polar surface area (TPSA) is 128 Å². The summed E-state index contributed by atoms with van der Waals surface area (Å²) in [6, 6.07) is 7.08. The van der Waals surface area contributed by atoms with Crippen molar-refractivity contribution >= 4 is 60.6 Å². The normalized spacial score (nSPS) is 12.0. The van der Waals surface area contributed by atoms with Gasteiger partial charge in [0.15, 0.2) is 5.78 Å². The fourth-order valence-electron chi connectivity index (χ4n) is 2.00. The highest BCUT2D eigenvalue weighted by Gasteiger charge is 2.46. The highest BCUT2D eigenvalue weighted by atomic mass is 32.3. The molecule has 0 aliphatic carbocycles. The van der Waals surface area contributed by atoms with Crippen molar-refractivity contribution in [1.29, 1.82) is 0 Å². The Hall–Kier alpha value is -1.83. The van der Waals surface area contributed by atoms with Crippen LogP contribution in [-0.4, -0.2) is 49.8 Å². The number of benzene rings is 1. The van der Waals surface area contributed by atoms with Crippen LogP contribution in [0.25, 0.3) is 0 Å². The van der Waals surface area contributed by atoms with E-state index in [2.05, 4.69) is 0 Å². The Morgan fingerprint density at radius 3 is 1.55 bits per heavy atom. The van der Waals surface area contributed by atoms with E-state index < -0.39 is 53.0 Å². The van der Waals surface area contributed by atoms with Crippen molar-refractivity contribution in [3.8, 4) is 0 Å². The number of ketones is 1. The van der Waals surface area contributed by atoms with Gasteiger partial charge in [0.2, 0.25) is 0 Å². The molecule has 0 heterocycles. The maximum absolute atomic E-state index is 12.8. The van der Waals surface area contributed by atoms with Gasteiger partial charge in [-0.3, -0.25) is 4.79 Å². The zero-order valence-corrected chi connectivity index (χ0v) is 19.4. The number of thiocarbonyl (C=S) groups is 2. The number of sulfonamides is 2. The van der Waals surface area contributed by atoms with E-state index >= 15 is 0 Å². The third-order valence-corrected chi connectivity index (χ3v) is 7.64. The fraction of sp³-hybridized carbons (Fsp3) is 0.438. The third kappa shape index (κ3) is 7.84. The molecule has 9 nitrogen and oxygen atoms in total. The number of hydrogen-bond donors (Lipinski definition) is 2. The van der Waals surface area contributed by atoms with Crippen LogP contribution < -0.4 is 9.44 Å². The van der Waals surface area contributed by atoms with Crippen molar-refractivity contribution in [2.75, 3.05) is 0 Å². The first kappa shape index (κ1) is 25.2. The molecule has 0 radical (unpaired) electrons. The Morgan fingerprint density at radius 2 is 1.21 bits per heavy atom. The first-order chi connectivity index (χ1) is 13.3. The summed E-state index contributed by atoms with van der Waals surface area (Å²) in [5, 5.41) is -1.19. The molecule has 0 spiro atoms. The van der Waals surface area contributed by atoms with E-state index in [-0.39, 0.29) is 5.56 Å². The summed E-state index contributed by atoms with van der Waals surface area (Å²) < 4.78 is 62.2. The SMILES string of the molecule is CC(C)OC(=S)NS(=O)(=O)C(C(=O)c1ccccc1)S(=O)(=O)NC(=S)OC(C)C. The molecular formula is C16H22N2O7S4. The summed E-state index contributed by atoms with van der Waals surface area (Å²) in [4.78, 5) is 12.8. The maximum Gasteiger partial charge on any atom is 0.270 e. The van der Waals surface area contributed by atoms with Gasteiger partial charge in [-0.25, -0.2) is 26.3 Å². The lowest BCUT2D eigenvalue weighted by molar-refractivity contribution is 0.101. The van der Waals surface area contributed by atoms with E-state index in [1.807, 2.05) is 9.44 Å². The van der Waals surface area contributed by atoms with Crippen LogP contribution in [-0.2, 0) is 29.5 Å². The minimum atomic E-state index is -4.88. The van der Waals surface area contributed by atoms with Gasteiger partial charge in [0.1, 0.15) is 0 Å². The van der Waals surface area contributed by atoms with Crippen LogP contribution in [0.5, 0.6) is 0 Å². The molecule has 0 aliphatic heterocycles. The molecular weight excluding hydrogens is 460 g/mol.